The Morgan fingerprint density at radius 3 is 2.78 bits per heavy atom. The largest absolute Gasteiger partial charge is 0.349 e. The van der Waals surface area contributed by atoms with Crippen LogP contribution in [0.1, 0.15) is 24.3 Å². The third-order valence-electron chi connectivity index (χ3n) is 2.86. The minimum atomic E-state index is 0.431. The third-order valence-corrected chi connectivity index (χ3v) is 4.55. The summed E-state index contributed by atoms with van der Waals surface area (Å²) in [5, 5.41) is 2.12. The number of thiophene rings is 1. The van der Waals surface area contributed by atoms with Gasteiger partial charge in [-0.25, -0.2) is 4.98 Å². The van der Waals surface area contributed by atoms with E-state index in [-0.39, 0.29) is 0 Å². The molecule has 0 radical (unpaired) electrons. The highest BCUT2D eigenvalue weighted by Gasteiger charge is 2.13. The molecule has 18 heavy (non-hydrogen) atoms. The maximum Gasteiger partial charge on any atom is 0.129 e. The Morgan fingerprint density at radius 2 is 2.22 bits per heavy atom. The molecule has 0 aliphatic carbocycles. The molecule has 0 saturated carbocycles. The Labute approximate surface area is 121 Å². The zero-order valence-corrected chi connectivity index (χ0v) is 13.3. The molecule has 2 heterocycles. The van der Waals surface area contributed by atoms with Crippen LogP contribution >= 0.6 is 27.3 Å². The second kappa shape index (κ2) is 5.85. The molecule has 4 heteroatoms. The molecule has 0 spiro atoms. The number of nitrogens with zero attached hydrogens (tertiary/aromatic N) is 2. The SMILES string of the molecule is Cc1cc(N(Cc2cccs2)C(C)C)ncc1Br. The molecule has 0 fully saturated rings. The summed E-state index contributed by atoms with van der Waals surface area (Å²) < 4.78 is 1.06. The zero-order valence-electron chi connectivity index (χ0n) is 10.9. The fourth-order valence-electron chi connectivity index (χ4n) is 1.78. The number of hydrogen-bond acceptors (Lipinski definition) is 3. The molecule has 2 aromatic rings. The molecule has 0 bridgehead atoms. The summed E-state index contributed by atoms with van der Waals surface area (Å²) in [6, 6.07) is 6.84. The van der Waals surface area contributed by atoms with Crippen molar-refractivity contribution in [2.75, 3.05) is 4.90 Å². The summed E-state index contributed by atoms with van der Waals surface area (Å²) >= 11 is 5.29. The third kappa shape index (κ3) is 3.12. The first-order chi connectivity index (χ1) is 8.58. The van der Waals surface area contributed by atoms with Crippen LogP contribution in [0.15, 0.2) is 34.2 Å². The van der Waals surface area contributed by atoms with Gasteiger partial charge in [0.05, 0.1) is 6.54 Å². The first-order valence-electron chi connectivity index (χ1n) is 5.99. The fraction of sp³-hybridized carbons (Fsp3) is 0.357. The Kier molecular flexibility index (Phi) is 4.40. The van der Waals surface area contributed by atoms with Gasteiger partial charge in [0.1, 0.15) is 5.82 Å². The van der Waals surface area contributed by atoms with E-state index in [9.17, 15) is 0 Å². The van der Waals surface area contributed by atoms with Crippen LogP contribution in [0.4, 0.5) is 5.82 Å². The second-order valence-corrected chi connectivity index (χ2v) is 6.48. The van der Waals surface area contributed by atoms with Gasteiger partial charge in [0.15, 0.2) is 0 Å². The standard InChI is InChI=1S/C14H17BrN2S/c1-10(2)17(9-12-5-4-6-18-12)14-7-11(3)13(15)8-16-14/h4-8,10H,9H2,1-3H3. The first-order valence-corrected chi connectivity index (χ1v) is 7.66. The van der Waals surface area contributed by atoms with Gasteiger partial charge in [-0.1, -0.05) is 6.07 Å². The van der Waals surface area contributed by atoms with Crippen molar-refractivity contribution in [3.05, 3.63) is 44.7 Å². The van der Waals surface area contributed by atoms with Gasteiger partial charge < -0.3 is 4.90 Å². The lowest BCUT2D eigenvalue weighted by Crippen LogP contribution is -2.30. The van der Waals surface area contributed by atoms with E-state index in [0.29, 0.717) is 6.04 Å². The predicted molar refractivity (Wildman–Crippen MR) is 82.3 cm³/mol. The van der Waals surface area contributed by atoms with Crippen molar-refractivity contribution in [1.29, 1.82) is 0 Å². The summed E-state index contributed by atoms with van der Waals surface area (Å²) in [6.07, 6.45) is 1.88. The highest BCUT2D eigenvalue weighted by molar-refractivity contribution is 9.10. The molecular weight excluding hydrogens is 308 g/mol. The van der Waals surface area contributed by atoms with Gasteiger partial charge in [-0.2, -0.15) is 0 Å². The first kappa shape index (κ1) is 13.6. The Morgan fingerprint density at radius 1 is 1.44 bits per heavy atom. The van der Waals surface area contributed by atoms with Crippen LogP contribution in [0.5, 0.6) is 0 Å². The van der Waals surface area contributed by atoms with Crippen LogP contribution in [-0.2, 0) is 6.54 Å². The number of pyridine rings is 1. The van der Waals surface area contributed by atoms with Crippen molar-refractivity contribution in [2.24, 2.45) is 0 Å². The Balaban J connectivity index is 2.26. The molecule has 96 valence electrons. The molecule has 2 nitrogen and oxygen atoms in total. The van der Waals surface area contributed by atoms with Crippen LogP contribution in [0.2, 0.25) is 0 Å². The minimum absolute atomic E-state index is 0.431. The topological polar surface area (TPSA) is 16.1 Å². The Hall–Kier alpha value is -0.870. The van der Waals surface area contributed by atoms with Crippen LogP contribution < -0.4 is 4.90 Å². The molecule has 0 N–H and O–H groups in total. The average molecular weight is 325 g/mol. The fourth-order valence-corrected chi connectivity index (χ4v) is 2.70. The lowest BCUT2D eigenvalue weighted by molar-refractivity contribution is 0.676. The van der Waals surface area contributed by atoms with Crippen molar-refractivity contribution >= 4 is 33.1 Å². The van der Waals surface area contributed by atoms with Gasteiger partial charge >= 0.3 is 0 Å². The summed E-state index contributed by atoms with van der Waals surface area (Å²) in [4.78, 5) is 8.22. The maximum atomic E-state index is 4.52. The number of anilines is 1. The minimum Gasteiger partial charge on any atom is -0.349 e. The van der Waals surface area contributed by atoms with E-state index in [1.807, 2.05) is 6.20 Å². The molecule has 2 rings (SSSR count). The van der Waals surface area contributed by atoms with Gasteiger partial charge in [0.2, 0.25) is 0 Å². The smallest absolute Gasteiger partial charge is 0.129 e. The number of aryl methyl sites for hydroxylation is 1. The van der Waals surface area contributed by atoms with Crippen LogP contribution in [0.25, 0.3) is 0 Å². The van der Waals surface area contributed by atoms with E-state index in [2.05, 4.69) is 70.2 Å². The van der Waals surface area contributed by atoms with Gasteiger partial charge in [0, 0.05) is 21.6 Å². The van der Waals surface area contributed by atoms with Crippen LogP contribution in [0, 0.1) is 6.92 Å². The van der Waals surface area contributed by atoms with Gasteiger partial charge in [-0.05, 0) is 59.8 Å². The number of rotatable bonds is 4. The molecule has 2 aromatic heterocycles. The lowest BCUT2D eigenvalue weighted by Gasteiger charge is -2.27. The second-order valence-electron chi connectivity index (χ2n) is 4.59. The summed E-state index contributed by atoms with van der Waals surface area (Å²) in [5.74, 6) is 1.04. The molecule has 0 aliphatic rings. The Bertz CT molecular complexity index is 509. The summed E-state index contributed by atoms with van der Waals surface area (Å²) in [6.45, 7) is 7.42. The van der Waals surface area contributed by atoms with E-state index in [4.69, 9.17) is 0 Å². The van der Waals surface area contributed by atoms with Crippen molar-refractivity contribution in [3.63, 3.8) is 0 Å². The molecule has 0 aliphatic heterocycles. The van der Waals surface area contributed by atoms with Gasteiger partial charge in [-0.15, -0.1) is 11.3 Å². The normalized spacial score (nSPS) is 10.9. The number of halogens is 1. The van der Waals surface area contributed by atoms with E-state index >= 15 is 0 Å². The summed E-state index contributed by atoms with van der Waals surface area (Å²) in [7, 11) is 0. The van der Waals surface area contributed by atoms with Crippen molar-refractivity contribution in [3.8, 4) is 0 Å². The van der Waals surface area contributed by atoms with Crippen LogP contribution in [-0.4, -0.2) is 11.0 Å². The molecular formula is C14H17BrN2S. The van der Waals surface area contributed by atoms with Crippen molar-refractivity contribution < 1.29 is 0 Å². The number of hydrogen-bond donors (Lipinski definition) is 0. The zero-order chi connectivity index (χ0) is 13.1. The molecule has 0 aromatic carbocycles. The monoisotopic (exact) mass is 324 g/mol. The van der Waals surface area contributed by atoms with E-state index in [0.717, 1.165) is 16.8 Å². The highest BCUT2D eigenvalue weighted by Crippen LogP contribution is 2.24. The average Bonchev–Trinajstić information content (AvgIpc) is 2.82. The maximum absolute atomic E-state index is 4.52. The number of aromatic nitrogens is 1. The molecule has 0 atom stereocenters. The molecule has 0 unspecified atom stereocenters. The van der Waals surface area contributed by atoms with Gasteiger partial charge in [0.25, 0.3) is 0 Å². The quantitative estimate of drug-likeness (QED) is 0.815. The lowest BCUT2D eigenvalue weighted by atomic mass is 10.2. The van der Waals surface area contributed by atoms with Crippen LogP contribution in [0.3, 0.4) is 0 Å². The summed E-state index contributed by atoms with van der Waals surface area (Å²) in [5.41, 5.74) is 1.22. The van der Waals surface area contributed by atoms with E-state index < -0.39 is 0 Å². The van der Waals surface area contributed by atoms with E-state index in [1.54, 1.807) is 11.3 Å². The molecule has 0 amide bonds. The van der Waals surface area contributed by atoms with Crippen molar-refractivity contribution in [2.45, 2.75) is 33.4 Å². The van der Waals surface area contributed by atoms with Gasteiger partial charge in [-0.3, -0.25) is 0 Å². The highest BCUT2D eigenvalue weighted by atomic mass is 79.9. The predicted octanol–water partition coefficient (Wildman–Crippen LogP) is 4.63. The van der Waals surface area contributed by atoms with E-state index in [1.165, 1.54) is 10.4 Å². The molecule has 0 saturated heterocycles. The van der Waals surface area contributed by atoms with Crippen molar-refractivity contribution in [1.82, 2.24) is 4.98 Å².